The normalized spacial score (nSPS) is 19.1. The third-order valence-electron chi connectivity index (χ3n) is 3.67. The maximum Gasteiger partial charge on any atom is 0.0110 e. The Hall–Kier alpha value is -0.0800. The summed E-state index contributed by atoms with van der Waals surface area (Å²) in [6.07, 6.45) is 10.0. The van der Waals surface area contributed by atoms with E-state index in [1.165, 1.54) is 77.7 Å². The highest BCUT2D eigenvalue weighted by molar-refractivity contribution is 4.68. The van der Waals surface area contributed by atoms with Gasteiger partial charge in [0.25, 0.3) is 0 Å². The van der Waals surface area contributed by atoms with Gasteiger partial charge in [-0.3, -0.25) is 0 Å². The van der Waals surface area contributed by atoms with Gasteiger partial charge in [0.05, 0.1) is 0 Å². The number of hydrogen-bond donors (Lipinski definition) is 0. The quantitative estimate of drug-likeness (QED) is 0.587. The number of unbranched alkanes of at least 4 members (excludes halogenated alkanes) is 6. The minimum atomic E-state index is 1.26. The van der Waals surface area contributed by atoms with Crippen molar-refractivity contribution in [2.75, 3.05) is 39.8 Å². The van der Waals surface area contributed by atoms with Crippen LogP contribution in [0.25, 0.3) is 0 Å². The van der Waals surface area contributed by atoms with E-state index in [4.69, 9.17) is 0 Å². The molecule has 0 N–H and O–H groups in total. The molecule has 0 aromatic carbocycles. The van der Waals surface area contributed by atoms with Crippen LogP contribution in [0.2, 0.25) is 0 Å². The van der Waals surface area contributed by atoms with E-state index in [2.05, 4.69) is 23.8 Å². The van der Waals surface area contributed by atoms with E-state index < -0.39 is 0 Å². The van der Waals surface area contributed by atoms with Gasteiger partial charge >= 0.3 is 0 Å². The Morgan fingerprint density at radius 1 is 0.750 bits per heavy atom. The first-order valence-corrected chi connectivity index (χ1v) is 7.24. The first-order valence-electron chi connectivity index (χ1n) is 7.24. The summed E-state index contributed by atoms with van der Waals surface area (Å²) in [4.78, 5) is 5.06. The number of hydrogen-bond acceptors (Lipinski definition) is 2. The monoisotopic (exact) mass is 226 g/mol. The molecule has 1 fully saturated rings. The zero-order valence-electron chi connectivity index (χ0n) is 11.4. The topological polar surface area (TPSA) is 6.48 Å². The lowest BCUT2D eigenvalue weighted by molar-refractivity contribution is 0.152. The van der Waals surface area contributed by atoms with E-state index in [9.17, 15) is 0 Å². The molecular weight excluding hydrogens is 196 g/mol. The van der Waals surface area contributed by atoms with E-state index in [1.54, 1.807) is 0 Å². The zero-order chi connectivity index (χ0) is 11.6. The predicted molar refractivity (Wildman–Crippen MR) is 71.9 cm³/mol. The lowest BCUT2D eigenvalue weighted by Gasteiger charge is -2.32. The van der Waals surface area contributed by atoms with E-state index in [0.29, 0.717) is 0 Å². The molecule has 2 heteroatoms. The van der Waals surface area contributed by atoms with Crippen LogP contribution >= 0.6 is 0 Å². The molecular formula is C14H30N2. The molecule has 1 aliphatic rings. The third kappa shape index (κ3) is 6.49. The molecule has 0 radical (unpaired) electrons. The van der Waals surface area contributed by atoms with Gasteiger partial charge in [0.2, 0.25) is 0 Å². The fourth-order valence-corrected chi connectivity index (χ4v) is 2.36. The van der Waals surface area contributed by atoms with Gasteiger partial charge in [0, 0.05) is 26.2 Å². The fraction of sp³-hybridized carbons (Fsp3) is 1.00. The maximum absolute atomic E-state index is 2.63. The van der Waals surface area contributed by atoms with Crippen LogP contribution in [0.15, 0.2) is 0 Å². The summed E-state index contributed by atoms with van der Waals surface area (Å²) in [6.45, 7) is 8.71. The van der Waals surface area contributed by atoms with Crippen molar-refractivity contribution in [2.45, 2.75) is 51.9 Å². The maximum atomic E-state index is 2.63. The van der Waals surface area contributed by atoms with Gasteiger partial charge in [-0.2, -0.15) is 0 Å². The Morgan fingerprint density at radius 2 is 1.31 bits per heavy atom. The summed E-state index contributed by atoms with van der Waals surface area (Å²) in [6, 6.07) is 0. The molecule has 0 aromatic heterocycles. The lowest BCUT2D eigenvalue weighted by atomic mass is 10.1. The minimum absolute atomic E-state index is 1.26. The van der Waals surface area contributed by atoms with Crippen LogP contribution in [0.5, 0.6) is 0 Å². The van der Waals surface area contributed by atoms with E-state index in [0.717, 1.165) is 0 Å². The predicted octanol–water partition coefficient (Wildman–Crippen LogP) is 2.98. The van der Waals surface area contributed by atoms with Crippen molar-refractivity contribution >= 4 is 0 Å². The van der Waals surface area contributed by atoms with Gasteiger partial charge in [-0.25, -0.2) is 0 Å². The smallest absolute Gasteiger partial charge is 0.0110 e. The van der Waals surface area contributed by atoms with Gasteiger partial charge in [0.1, 0.15) is 0 Å². The fourth-order valence-electron chi connectivity index (χ4n) is 2.36. The van der Waals surface area contributed by atoms with Crippen molar-refractivity contribution < 1.29 is 0 Å². The highest BCUT2D eigenvalue weighted by Gasteiger charge is 2.12. The van der Waals surface area contributed by atoms with Gasteiger partial charge in [0.15, 0.2) is 0 Å². The largest absolute Gasteiger partial charge is 0.304 e. The molecule has 96 valence electrons. The molecule has 1 heterocycles. The van der Waals surface area contributed by atoms with Crippen molar-refractivity contribution in [3.8, 4) is 0 Å². The second-order valence-corrected chi connectivity index (χ2v) is 5.27. The number of likely N-dealkylation sites (N-methyl/N-ethyl adjacent to an activating group) is 1. The van der Waals surface area contributed by atoms with Crippen LogP contribution in [0.3, 0.4) is 0 Å². The highest BCUT2D eigenvalue weighted by Crippen LogP contribution is 2.08. The van der Waals surface area contributed by atoms with E-state index in [1.807, 2.05) is 0 Å². The Bertz CT molecular complexity index is 151. The molecule has 1 rings (SSSR count). The molecule has 0 bridgehead atoms. The molecule has 0 unspecified atom stereocenters. The average molecular weight is 226 g/mol. The number of rotatable bonds is 8. The van der Waals surface area contributed by atoms with Crippen molar-refractivity contribution in [2.24, 2.45) is 0 Å². The first-order chi connectivity index (χ1) is 7.83. The van der Waals surface area contributed by atoms with Crippen LogP contribution in [0.1, 0.15) is 51.9 Å². The highest BCUT2D eigenvalue weighted by atomic mass is 15.2. The van der Waals surface area contributed by atoms with Gasteiger partial charge in [-0.15, -0.1) is 0 Å². The molecule has 1 saturated heterocycles. The van der Waals surface area contributed by atoms with E-state index in [-0.39, 0.29) is 0 Å². The van der Waals surface area contributed by atoms with E-state index >= 15 is 0 Å². The first kappa shape index (κ1) is 14.0. The minimum Gasteiger partial charge on any atom is -0.304 e. The number of piperazine rings is 1. The van der Waals surface area contributed by atoms with Crippen molar-refractivity contribution in [3.05, 3.63) is 0 Å². The van der Waals surface area contributed by atoms with Crippen molar-refractivity contribution in [1.82, 2.24) is 9.80 Å². The van der Waals surface area contributed by atoms with Crippen LogP contribution in [0.4, 0.5) is 0 Å². The van der Waals surface area contributed by atoms with Gasteiger partial charge in [-0.05, 0) is 20.0 Å². The summed E-state index contributed by atoms with van der Waals surface area (Å²) in [5.41, 5.74) is 0. The van der Waals surface area contributed by atoms with Crippen molar-refractivity contribution in [3.63, 3.8) is 0 Å². The second kappa shape index (κ2) is 9.00. The Morgan fingerprint density at radius 3 is 1.94 bits per heavy atom. The molecule has 0 aliphatic carbocycles. The molecule has 16 heavy (non-hydrogen) atoms. The summed E-state index contributed by atoms with van der Waals surface area (Å²) in [5.74, 6) is 0. The Kier molecular flexibility index (Phi) is 7.87. The Balaban J connectivity index is 1.84. The SMILES string of the molecule is CCCCCCCCCN1CCN(C)CC1. The molecule has 0 spiro atoms. The van der Waals surface area contributed by atoms with Crippen LogP contribution in [-0.4, -0.2) is 49.6 Å². The lowest BCUT2D eigenvalue weighted by Crippen LogP contribution is -2.44. The molecule has 0 saturated carbocycles. The summed E-state index contributed by atoms with van der Waals surface area (Å²) >= 11 is 0. The standard InChI is InChI=1S/C14H30N2/c1-3-4-5-6-7-8-9-10-16-13-11-15(2)12-14-16/h3-14H2,1-2H3. The zero-order valence-corrected chi connectivity index (χ0v) is 11.4. The number of nitrogens with zero attached hydrogens (tertiary/aromatic N) is 2. The molecule has 2 nitrogen and oxygen atoms in total. The van der Waals surface area contributed by atoms with Gasteiger partial charge < -0.3 is 9.80 Å². The van der Waals surface area contributed by atoms with Crippen LogP contribution in [0, 0.1) is 0 Å². The van der Waals surface area contributed by atoms with Crippen molar-refractivity contribution in [1.29, 1.82) is 0 Å². The third-order valence-corrected chi connectivity index (χ3v) is 3.67. The second-order valence-electron chi connectivity index (χ2n) is 5.27. The molecule has 0 amide bonds. The Labute approximate surface area is 102 Å². The summed E-state index contributed by atoms with van der Waals surface area (Å²) in [7, 11) is 2.23. The molecule has 0 atom stereocenters. The van der Waals surface area contributed by atoms with Crippen LogP contribution < -0.4 is 0 Å². The summed E-state index contributed by atoms with van der Waals surface area (Å²) in [5, 5.41) is 0. The molecule has 0 aromatic rings. The van der Waals surface area contributed by atoms with Gasteiger partial charge in [-0.1, -0.05) is 45.4 Å². The van der Waals surface area contributed by atoms with Crippen LogP contribution in [-0.2, 0) is 0 Å². The average Bonchev–Trinajstić information content (AvgIpc) is 2.30. The summed E-state index contributed by atoms with van der Waals surface area (Å²) < 4.78 is 0. The molecule has 1 aliphatic heterocycles.